The molecule has 1 fully saturated rings. The average Bonchev–Trinajstić information content (AvgIpc) is 3.44. The van der Waals surface area contributed by atoms with Crippen molar-refractivity contribution in [2.45, 2.75) is 35.8 Å². The normalized spacial score (nSPS) is 19.5. The van der Waals surface area contributed by atoms with Gasteiger partial charge in [0.2, 0.25) is 17.7 Å². The number of rotatable bonds is 6. The lowest BCUT2D eigenvalue weighted by Gasteiger charge is -2.31. The summed E-state index contributed by atoms with van der Waals surface area (Å²) < 4.78 is 47.4. The second kappa shape index (κ2) is 11.3. The van der Waals surface area contributed by atoms with Crippen LogP contribution in [0.3, 0.4) is 0 Å². The standard InChI is InChI=1S/C31H24F3N3O5S2/c1-16-8-3-5-12-20(16)35-22(38)15-36-29-26(44-30(36)41)23(19-11-4-6-13-21(19)42-2)24-25(43-29)28(40)37(27(24)39)18-10-7-9-17(14-18)31(32,33)34/h3-14,23-25H,15H2,1-2H3,(H,35,38). The highest BCUT2D eigenvalue weighted by atomic mass is 32.2. The molecule has 4 aromatic rings. The van der Waals surface area contributed by atoms with E-state index in [2.05, 4.69) is 5.32 Å². The molecule has 2 aliphatic heterocycles. The molecule has 6 rings (SSSR count). The fourth-order valence-corrected chi connectivity index (χ4v) is 8.40. The first-order valence-corrected chi connectivity index (χ1v) is 15.1. The first-order valence-electron chi connectivity index (χ1n) is 13.4. The Labute approximate surface area is 257 Å². The van der Waals surface area contributed by atoms with Crippen LogP contribution in [0.15, 0.2) is 82.6 Å². The molecule has 0 aliphatic carbocycles. The Hall–Kier alpha value is -4.36. The van der Waals surface area contributed by atoms with E-state index in [0.29, 0.717) is 26.9 Å². The Morgan fingerprint density at radius 1 is 0.977 bits per heavy atom. The summed E-state index contributed by atoms with van der Waals surface area (Å²) >= 11 is 1.84. The number of para-hydroxylation sites is 2. The van der Waals surface area contributed by atoms with E-state index in [4.69, 9.17) is 4.74 Å². The summed E-state index contributed by atoms with van der Waals surface area (Å²) in [5.74, 6) is -3.31. The summed E-state index contributed by atoms with van der Waals surface area (Å²) in [5, 5.41) is 2.09. The van der Waals surface area contributed by atoms with Gasteiger partial charge in [-0.25, -0.2) is 4.90 Å². The van der Waals surface area contributed by atoms with Crippen molar-refractivity contribution in [1.82, 2.24) is 4.57 Å². The summed E-state index contributed by atoms with van der Waals surface area (Å²) in [6, 6.07) is 18.1. The van der Waals surface area contributed by atoms with Gasteiger partial charge in [-0.2, -0.15) is 13.2 Å². The van der Waals surface area contributed by atoms with Crippen LogP contribution in [0.5, 0.6) is 5.75 Å². The average molecular weight is 640 g/mol. The quantitative estimate of drug-likeness (QED) is 0.273. The van der Waals surface area contributed by atoms with Crippen LogP contribution in [0.1, 0.15) is 27.5 Å². The molecule has 44 heavy (non-hydrogen) atoms. The summed E-state index contributed by atoms with van der Waals surface area (Å²) in [5.41, 5.74) is 0.770. The number of aromatic nitrogens is 1. The Morgan fingerprint density at radius 3 is 2.43 bits per heavy atom. The number of hydrogen-bond donors (Lipinski definition) is 1. The highest BCUT2D eigenvalue weighted by Crippen LogP contribution is 2.55. The van der Waals surface area contributed by atoms with Gasteiger partial charge >= 0.3 is 11.0 Å². The van der Waals surface area contributed by atoms with Gasteiger partial charge in [0.05, 0.1) is 29.3 Å². The Bertz CT molecular complexity index is 1870. The van der Waals surface area contributed by atoms with E-state index >= 15 is 0 Å². The number of carbonyl (C=O) groups is 3. The van der Waals surface area contributed by atoms with Gasteiger partial charge in [-0.15, -0.1) is 0 Å². The lowest BCUT2D eigenvalue weighted by molar-refractivity contribution is -0.137. The summed E-state index contributed by atoms with van der Waals surface area (Å²) in [7, 11) is 1.45. The van der Waals surface area contributed by atoms with Gasteiger partial charge in [-0.1, -0.05) is 65.6 Å². The number of thioether (sulfide) groups is 1. The SMILES string of the molecule is COc1ccccc1C1c2sc(=O)n(CC(=O)Nc3ccccc3C)c2SC2C(=O)N(c3cccc(C(F)(F)F)c3)C(=O)C21. The van der Waals surface area contributed by atoms with Crippen molar-refractivity contribution in [3.05, 3.63) is 104 Å². The van der Waals surface area contributed by atoms with Crippen molar-refractivity contribution >= 4 is 52.2 Å². The fraction of sp³-hybridized carbons (Fsp3) is 0.226. The molecule has 1 aromatic heterocycles. The minimum atomic E-state index is -4.68. The lowest BCUT2D eigenvalue weighted by atomic mass is 9.82. The molecule has 1 saturated heterocycles. The molecule has 3 amide bonds. The molecule has 0 radical (unpaired) electrons. The molecular formula is C31H24F3N3O5S2. The molecule has 0 saturated carbocycles. The first kappa shape index (κ1) is 29.7. The lowest BCUT2D eigenvalue weighted by Crippen LogP contribution is -2.33. The number of amides is 3. The van der Waals surface area contributed by atoms with E-state index in [1.54, 1.807) is 36.4 Å². The smallest absolute Gasteiger partial charge is 0.416 e. The van der Waals surface area contributed by atoms with E-state index in [0.717, 1.165) is 51.8 Å². The Morgan fingerprint density at radius 2 is 1.70 bits per heavy atom. The van der Waals surface area contributed by atoms with Crippen LogP contribution < -0.4 is 19.8 Å². The van der Waals surface area contributed by atoms with Crippen molar-refractivity contribution in [2.75, 3.05) is 17.3 Å². The molecule has 3 aromatic carbocycles. The maximum Gasteiger partial charge on any atom is 0.416 e. The monoisotopic (exact) mass is 639 g/mol. The van der Waals surface area contributed by atoms with Gasteiger partial charge in [0.25, 0.3) is 0 Å². The van der Waals surface area contributed by atoms with E-state index in [9.17, 15) is 32.3 Å². The molecular weight excluding hydrogens is 615 g/mol. The molecule has 1 N–H and O–H groups in total. The largest absolute Gasteiger partial charge is 0.496 e. The van der Waals surface area contributed by atoms with Gasteiger partial charge in [-0.05, 0) is 42.8 Å². The maximum absolute atomic E-state index is 14.0. The topological polar surface area (TPSA) is 97.7 Å². The number of aryl methyl sites for hydroxylation is 1. The molecule has 0 spiro atoms. The molecule has 2 aliphatic rings. The molecule has 226 valence electrons. The number of imide groups is 1. The number of hydrogen-bond acceptors (Lipinski definition) is 7. The third-order valence-corrected chi connectivity index (χ3v) is 10.3. The van der Waals surface area contributed by atoms with Crippen molar-refractivity contribution in [2.24, 2.45) is 5.92 Å². The number of thiazole rings is 1. The van der Waals surface area contributed by atoms with Crippen LogP contribution in [0.2, 0.25) is 0 Å². The third kappa shape index (κ3) is 5.09. The van der Waals surface area contributed by atoms with E-state index in [1.165, 1.54) is 17.7 Å². The number of fused-ring (bicyclic) bond motifs is 2. The number of alkyl halides is 3. The minimum absolute atomic E-state index is 0.193. The summed E-state index contributed by atoms with van der Waals surface area (Å²) in [4.78, 5) is 55.2. The second-order valence-electron chi connectivity index (χ2n) is 10.3. The van der Waals surface area contributed by atoms with Gasteiger partial charge in [0.1, 0.15) is 17.5 Å². The Balaban J connectivity index is 1.44. The zero-order chi connectivity index (χ0) is 31.3. The number of nitrogens with one attached hydrogen (secondary N) is 1. The fourth-order valence-electron chi connectivity index (χ4n) is 5.64. The van der Waals surface area contributed by atoms with Gasteiger partial charge in [-0.3, -0.25) is 23.7 Å². The summed E-state index contributed by atoms with van der Waals surface area (Å²) in [6.45, 7) is 1.49. The van der Waals surface area contributed by atoms with Crippen LogP contribution in [-0.4, -0.2) is 34.6 Å². The molecule has 3 unspecified atom stereocenters. The van der Waals surface area contributed by atoms with Crippen LogP contribution in [0.25, 0.3) is 0 Å². The zero-order valence-electron chi connectivity index (χ0n) is 23.3. The number of halogens is 3. The van der Waals surface area contributed by atoms with Crippen LogP contribution in [-0.2, 0) is 27.1 Å². The zero-order valence-corrected chi connectivity index (χ0v) is 24.9. The second-order valence-corrected chi connectivity index (χ2v) is 12.5. The third-order valence-electron chi connectivity index (χ3n) is 7.68. The van der Waals surface area contributed by atoms with E-state index < -0.39 is 51.4 Å². The number of methoxy groups -OCH3 is 1. The van der Waals surface area contributed by atoms with Crippen LogP contribution in [0.4, 0.5) is 24.5 Å². The number of anilines is 2. The summed E-state index contributed by atoms with van der Waals surface area (Å²) in [6.07, 6.45) is -4.68. The molecule has 13 heteroatoms. The molecule has 3 atom stereocenters. The van der Waals surface area contributed by atoms with Crippen molar-refractivity contribution in [3.8, 4) is 5.75 Å². The number of benzene rings is 3. The van der Waals surface area contributed by atoms with Crippen molar-refractivity contribution in [3.63, 3.8) is 0 Å². The number of carbonyl (C=O) groups excluding carboxylic acids is 3. The van der Waals surface area contributed by atoms with Crippen molar-refractivity contribution in [1.29, 1.82) is 0 Å². The van der Waals surface area contributed by atoms with Gasteiger partial charge in [0.15, 0.2) is 0 Å². The maximum atomic E-state index is 14.0. The Kier molecular flexibility index (Phi) is 7.62. The van der Waals surface area contributed by atoms with E-state index in [1.807, 2.05) is 19.1 Å². The predicted molar refractivity (Wildman–Crippen MR) is 160 cm³/mol. The van der Waals surface area contributed by atoms with Crippen LogP contribution in [0, 0.1) is 12.8 Å². The van der Waals surface area contributed by atoms with E-state index in [-0.39, 0.29) is 12.2 Å². The van der Waals surface area contributed by atoms with Crippen molar-refractivity contribution < 1.29 is 32.3 Å². The first-order chi connectivity index (χ1) is 21.0. The number of nitrogens with zero attached hydrogens (tertiary/aromatic N) is 2. The van der Waals surface area contributed by atoms with Gasteiger partial charge in [0, 0.05) is 22.0 Å². The molecule has 3 heterocycles. The molecule has 0 bridgehead atoms. The highest BCUT2D eigenvalue weighted by molar-refractivity contribution is 8.00. The molecule has 8 nitrogen and oxygen atoms in total. The number of ether oxygens (including phenoxy) is 1. The van der Waals surface area contributed by atoms with Crippen LogP contribution >= 0.6 is 23.1 Å². The van der Waals surface area contributed by atoms with Gasteiger partial charge < -0.3 is 10.1 Å². The predicted octanol–water partition coefficient (Wildman–Crippen LogP) is 5.68. The highest BCUT2D eigenvalue weighted by Gasteiger charge is 2.57. The minimum Gasteiger partial charge on any atom is -0.496 e.